The molecule has 0 aromatic heterocycles. The third-order valence-electron chi connectivity index (χ3n) is 9.14. The first-order chi connectivity index (χ1) is 26.6. The standard InChI is InChI=1S/2C21H18BrF3O3/c2*1-2-27-19(26)17-11-12-20(21(23,24)25,15-8-4-3-5-9-15)28-18(17)14-7-6-10-16(22)13-14/h2*3-11,13,18H,2,12H2,1H3/t2*18-,20-/m11/s1. The van der Waals surface area contributed by atoms with Gasteiger partial charge in [0.05, 0.1) is 24.4 Å². The summed E-state index contributed by atoms with van der Waals surface area (Å²) in [5.41, 5.74) is -4.15. The number of rotatable bonds is 8. The number of hydrogen-bond donors (Lipinski definition) is 0. The zero-order valence-electron chi connectivity index (χ0n) is 30.0. The zero-order valence-corrected chi connectivity index (χ0v) is 33.2. The highest BCUT2D eigenvalue weighted by atomic mass is 79.9. The predicted molar refractivity (Wildman–Crippen MR) is 203 cm³/mol. The summed E-state index contributed by atoms with van der Waals surface area (Å²) >= 11 is 6.63. The molecule has 0 N–H and O–H groups in total. The van der Waals surface area contributed by atoms with Gasteiger partial charge in [0.2, 0.25) is 0 Å². The first kappa shape index (κ1) is 42.9. The SMILES string of the molecule is CCOC(=O)C1=CC[C@@](c2ccccc2)(C(F)(F)F)O[C@@H]1c1cccc(Br)c1.CCOC(=O)C1=CC[C@@](c2ccccc2)(C(F)(F)F)O[C@@H]1c1cccc(Br)c1. The maximum Gasteiger partial charge on any atom is 0.422 e. The predicted octanol–water partition coefficient (Wildman–Crippen LogP) is 11.7. The van der Waals surface area contributed by atoms with E-state index in [4.69, 9.17) is 18.9 Å². The highest BCUT2D eigenvalue weighted by Gasteiger charge is 2.61. The van der Waals surface area contributed by atoms with Crippen molar-refractivity contribution in [1.82, 2.24) is 0 Å². The maximum atomic E-state index is 14.2. The van der Waals surface area contributed by atoms with E-state index < -0.39 is 60.5 Å². The number of carbonyl (C=O) groups is 2. The van der Waals surface area contributed by atoms with Crippen LogP contribution in [0.25, 0.3) is 0 Å². The van der Waals surface area contributed by atoms with E-state index >= 15 is 0 Å². The summed E-state index contributed by atoms with van der Waals surface area (Å²) in [5.74, 6) is -1.37. The molecule has 0 fully saturated rings. The van der Waals surface area contributed by atoms with Gasteiger partial charge in [-0.2, -0.15) is 26.3 Å². The fraction of sp³-hybridized carbons (Fsp3) is 0.286. The molecule has 0 bridgehead atoms. The fourth-order valence-corrected chi connectivity index (χ4v) is 7.30. The second-order valence-electron chi connectivity index (χ2n) is 12.7. The van der Waals surface area contributed by atoms with Crippen molar-refractivity contribution in [2.24, 2.45) is 0 Å². The normalized spacial score (nSPS) is 22.5. The molecule has 0 unspecified atom stereocenters. The Kier molecular flexibility index (Phi) is 13.7. The molecule has 0 spiro atoms. The van der Waals surface area contributed by atoms with Gasteiger partial charge in [-0.25, -0.2) is 9.59 Å². The average molecular weight is 911 g/mol. The number of carbonyl (C=O) groups excluding carboxylic acids is 2. The molecule has 296 valence electrons. The topological polar surface area (TPSA) is 71.1 Å². The van der Waals surface area contributed by atoms with Gasteiger partial charge in [0, 0.05) is 21.8 Å². The van der Waals surface area contributed by atoms with Crippen molar-refractivity contribution in [2.45, 2.75) is 62.5 Å². The van der Waals surface area contributed by atoms with E-state index in [1.807, 2.05) is 0 Å². The van der Waals surface area contributed by atoms with Crippen molar-refractivity contribution in [3.63, 3.8) is 0 Å². The summed E-state index contributed by atoms with van der Waals surface area (Å²) in [6, 6.07) is 28.3. The van der Waals surface area contributed by atoms with Gasteiger partial charge in [0.15, 0.2) is 11.2 Å². The molecule has 4 aromatic rings. The molecule has 0 saturated heterocycles. The van der Waals surface area contributed by atoms with E-state index in [0.717, 1.165) is 0 Å². The largest absolute Gasteiger partial charge is 0.463 e. The average Bonchev–Trinajstić information content (AvgIpc) is 3.17. The fourth-order valence-electron chi connectivity index (χ4n) is 6.47. The lowest BCUT2D eigenvalue weighted by Crippen LogP contribution is -2.48. The number of halogens is 8. The summed E-state index contributed by atoms with van der Waals surface area (Å²) in [4.78, 5) is 24.8. The molecule has 0 aliphatic carbocycles. The van der Waals surface area contributed by atoms with E-state index in [0.29, 0.717) is 20.1 Å². The van der Waals surface area contributed by atoms with E-state index in [-0.39, 0.29) is 35.5 Å². The van der Waals surface area contributed by atoms with E-state index in [1.165, 1.54) is 60.7 Å². The molecule has 6 nitrogen and oxygen atoms in total. The van der Waals surface area contributed by atoms with Crippen molar-refractivity contribution < 1.29 is 54.9 Å². The molecule has 2 aliphatic heterocycles. The van der Waals surface area contributed by atoms with E-state index in [2.05, 4.69) is 31.9 Å². The minimum atomic E-state index is -4.69. The molecule has 4 aromatic carbocycles. The second-order valence-corrected chi connectivity index (χ2v) is 14.5. The summed E-state index contributed by atoms with van der Waals surface area (Å²) in [6.45, 7) is 3.51. The third-order valence-corrected chi connectivity index (χ3v) is 10.1. The summed E-state index contributed by atoms with van der Waals surface area (Å²) in [6.07, 6.45) is -10.3. The minimum Gasteiger partial charge on any atom is -0.463 e. The van der Waals surface area contributed by atoms with Crippen molar-refractivity contribution in [2.75, 3.05) is 13.2 Å². The number of ether oxygens (including phenoxy) is 4. The highest BCUT2D eigenvalue weighted by Crippen LogP contribution is 2.54. The Hall–Kier alpha value is -4.24. The molecule has 0 saturated carbocycles. The van der Waals surface area contributed by atoms with Crippen molar-refractivity contribution in [3.05, 3.63) is 164 Å². The zero-order chi connectivity index (χ0) is 40.7. The van der Waals surface area contributed by atoms with E-state index in [1.54, 1.807) is 74.5 Å². The van der Waals surface area contributed by atoms with Crippen molar-refractivity contribution in [3.8, 4) is 0 Å². The summed E-state index contributed by atoms with van der Waals surface area (Å²) in [5, 5.41) is 0. The Morgan fingerprint density at radius 1 is 0.607 bits per heavy atom. The van der Waals surface area contributed by atoms with Crippen LogP contribution in [0.1, 0.15) is 61.2 Å². The molecule has 4 atom stereocenters. The Morgan fingerprint density at radius 3 is 1.27 bits per heavy atom. The van der Waals surface area contributed by atoms with Crippen molar-refractivity contribution >= 4 is 43.8 Å². The first-order valence-corrected chi connectivity index (χ1v) is 19.0. The summed E-state index contributed by atoms with van der Waals surface area (Å²) < 4.78 is 108. The van der Waals surface area contributed by atoms with Crippen LogP contribution >= 0.6 is 31.9 Å². The maximum absolute atomic E-state index is 14.2. The van der Waals surface area contributed by atoms with Crippen LogP contribution < -0.4 is 0 Å². The Morgan fingerprint density at radius 2 is 0.964 bits per heavy atom. The molecule has 0 radical (unpaired) electrons. The molecule has 2 heterocycles. The summed E-state index contributed by atoms with van der Waals surface area (Å²) in [7, 11) is 0. The number of alkyl halides is 6. The molecule has 0 amide bonds. The Bertz CT molecular complexity index is 1910. The molecule has 6 rings (SSSR count). The van der Waals surface area contributed by atoms with Gasteiger partial charge in [0.25, 0.3) is 0 Å². The van der Waals surface area contributed by atoms with Gasteiger partial charge < -0.3 is 18.9 Å². The molecule has 14 heteroatoms. The third kappa shape index (κ3) is 9.14. The lowest BCUT2D eigenvalue weighted by Gasteiger charge is -2.42. The van der Waals surface area contributed by atoms with Gasteiger partial charge in [-0.3, -0.25) is 0 Å². The van der Waals surface area contributed by atoms with E-state index in [9.17, 15) is 35.9 Å². The molecular formula is C42H36Br2F6O6. The van der Waals surface area contributed by atoms with Crippen molar-refractivity contribution in [1.29, 1.82) is 0 Å². The van der Waals surface area contributed by atoms with Crippen LogP contribution in [-0.2, 0) is 39.7 Å². The van der Waals surface area contributed by atoms with Gasteiger partial charge in [-0.15, -0.1) is 0 Å². The molecule has 56 heavy (non-hydrogen) atoms. The van der Waals surface area contributed by atoms with Gasteiger partial charge in [-0.1, -0.05) is 129 Å². The van der Waals surface area contributed by atoms with Crippen LogP contribution in [0.3, 0.4) is 0 Å². The quantitative estimate of drug-likeness (QED) is 0.130. The number of hydrogen-bond acceptors (Lipinski definition) is 6. The van der Waals surface area contributed by atoms with Gasteiger partial charge >= 0.3 is 24.3 Å². The van der Waals surface area contributed by atoms with Crippen LogP contribution in [0.4, 0.5) is 26.3 Å². The van der Waals surface area contributed by atoms with Crippen LogP contribution in [0, 0.1) is 0 Å². The lowest BCUT2D eigenvalue weighted by atomic mass is 9.84. The lowest BCUT2D eigenvalue weighted by molar-refractivity contribution is -0.299. The molecular weight excluding hydrogens is 874 g/mol. The smallest absolute Gasteiger partial charge is 0.422 e. The number of benzene rings is 4. The molecule has 2 aliphatic rings. The number of esters is 2. The van der Waals surface area contributed by atoms with Gasteiger partial charge in [-0.05, 0) is 60.4 Å². The van der Waals surface area contributed by atoms with Crippen LogP contribution in [0.15, 0.2) is 141 Å². The Labute approximate surface area is 336 Å². The first-order valence-electron chi connectivity index (χ1n) is 17.4. The second kappa shape index (κ2) is 17.9. The van der Waals surface area contributed by atoms with Gasteiger partial charge in [0.1, 0.15) is 12.2 Å². The minimum absolute atomic E-state index is 0.0124. The monoisotopic (exact) mass is 908 g/mol. The van der Waals surface area contributed by atoms with Crippen LogP contribution in [0.5, 0.6) is 0 Å². The van der Waals surface area contributed by atoms with Crippen LogP contribution in [0.2, 0.25) is 0 Å². The van der Waals surface area contributed by atoms with Crippen LogP contribution in [-0.4, -0.2) is 37.5 Å². The Balaban J connectivity index is 0.000000214. The highest BCUT2D eigenvalue weighted by molar-refractivity contribution is 9.10.